The maximum Gasteiger partial charge on any atom is 0.0599 e. The van der Waals surface area contributed by atoms with E-state index >= 15 is 0 Å². The molecule has 1 aliphatic heterocycles. The van der Waals surface area contributed by atoms with Crippen molar-refractivity contribution in [3.63, 3.8) is 0 Å². The van der Waals surface area contributed by atoms with Gasteiger partial charge in [0.05, 0.1) is 11.9 Å². The van der Waals surface area contributed by atoms with Crippen molar-refractivity contribution in [3.05, 3.63) is 24.0 Å². The lowest BCUT2D eigenvalue weighted by Gasteiger charge is -2.37. The molecule has 0 spiro atoms. The van der Waals surface area contributed by atoms with Gasteiger partial charge in [0.25, 0.3) is 0 Å². The summed E-state index contributed by atoms with van der Waals surface area (Å²) in [6.45, 7) is 10.8. The number of nitrogens with two attached hydrogens (primary N) is 1. The lowest BCUT2D eigenvalue weighted by Crippen LogP contribution is -2.47. The first kappa shape index (κ1) is 13.3. The topological polar surface area (TPSA) is 45.4 Å². The molecule has 0 aliphatic carbocycles. The summed E-state index contributed by atoms with van der Waals surface area (Å²) in [5.74, 6) is 0.745. The van der Waals surface area contributed by atoms with Crippen LogP contribution in [0.25, 0.3) is 0 Å². The fourth-order valence-corrected chi connectivity index (χ4v) is 2.56. The van der Waals surface area contributed by atoms with E-state index in [1.54, 1.807) is 0 Å². The largest absolute Gasteiger partial charge is 0.367 e. The van der Waals surface area contributed by atoms with Crippen LogP contribution in [0.4, 0.5) is 5.69 Å². The lowest BCUT2D eigenvalue weighted by atomic mass is 10.1. The third-order valence-electron chi connectivity index (χ3n) is 3.44. The van der Waals surface area contributed by atoms with E-state index in [0.717, 1.165) is 32.1 Å². The van der Waals surface area contributed by atoms with E-state index in [0.29, 0.717) is 6.54 Å². The Hall–Kier alpha value is -1.13. The second-order valence-electron chi connectivity index (χ2n) is 5.39. The maximum atomic E-state index is 5.79. The SMILES string of the molecule is CC(C)CN1CCN(c2cnccc2CN)CC1. The van der Waals surface area contributed by atoms with Crippen LogP contribution in [-0.4, -0.2) is 42.6 Å². The third kappa shape index (κ3) is 3.21. The van der Waals surface area contributed by atoms with Crippen molar-refractivity contribution in [3.8, 4) is 0 Å². The summed E-state index contributed by atoms with van der Waals surface area (Å²) >= 11 is 0. The molecule has 1 aromatic rings. The molecule has 0 radical (unpaired) electrons. The van der Waals surface area contributed by atoms with Crippen molar-refractivity contribution in [2.45, 2.75) is 20.4 Å². The molecule has 4 nitrogen and oxygen atoms in total. The smallest absolute Gasteiger partial charge is 0.0599 e. The predicted octanol–water partition coefficient (Wildman–Crippen LogP) is 1.32. The Labute approximate surface area is 110 Å². The Balaban J connectivity index is 1.97. The van der Waals surface area contributed by atoms with Gasteiger partial charge in [0.2, 0.25) is 0 Å². The number of piperazine rings is 1. The molecule has 0 bridgehead atoms. The normalized spacial score (nSPS) is 17.4. The van der Waals surface area contributed by atoms with Crippen molar-refractivity contribution in [2.75, 3.05) is 37.6 Å². The molecule has 2 rings (SSSR count). The van der Waals surface area contributed by atoms with Crippen LogP contribution < -0.4 is 10.6 Å². The maximum absolute atomic E-state index is 5.79. The van der Waals surface area contributed by atoms with E-state index < -0.39 is 0 Å². The second kappa shape index (κ2) is 6.16. The van der Waals surface area contributed by atoms with E-state index in [1.807, 2.05) is 18.5 Å². The van der Waals surface area contributed by atoms with Crippen LogP contribution in [0, 0.1) is 5.92 Å². The van der Waals surface area contributed by atoms with Crippen LogP contribution >= 0.6 is 0 Å². The van der Waals surface area contributed by atoms with Gasteiger partial charge >= 0.3 is 0 Å². The Morgan fingerprint density at radius 1 is 1.28 bits per heavy atom. The predicted molar refractivity (Wildman–Crippen MR) is 75.6 cm³/mol. The van der Waals surface area contributed by atoms with Crippen molar-refractivity contribution in [1.82, 2.24) is 9.88 Å². The van der Waals surface area contributed by atoms with E-state index in [4.69, 9.17) is 5.73 Å². The monoisotopic (exact) mass is 248 g/mol. The minimum atomic E-state index is 0.587. The minimum Gasteiger partial charge on any atom is -0.367 e. The Morgan fingerprint density at radius 2 is 2.00 bits per heavy atom. The highest BCUT2D eigenvalue weighted by molar-refractivity contribution is 5.52. The first-order chi connectivity index (χ1) is 8.70. The molecule has 18 heavy (non-hydrogen) atoms. The van der Waals surface area contributed by atoms with E-state index in [9.17, 15) is 0 Å². The highest BCUT2D eigenvalue weighted by Gasteiger charge is 2.19. The number of nitrogens with zero attached hydrogens (tertiary/aromatic N) is 3. The highest BCUT2D eigenvalue weighted by Crippen LogP contribution is 2.20. The van der Waals surface area contributed by atoms with Gasteiger partial charge in [-0.1, -0.05) is 13.8 Å². The van der Waals surface area contributed by atoms with Crippen LogP contribution in [-0.2, 0) is 6.54 Å². The first-order valence-corrected chi connectivity index (χ1v) is 6.81. The summed E-state index contributed by atoms with van der Waals surface area (Å²) in [7, 11) is 0. The van der Waals surface area contributed by atoms with Gasteiger partial charge in [-0.15, -0.1) is 0 Å². The van der Waals surface area contributed by atoms with Gasteiger partial charge in [0, 0.05) is 45.5 Å². The molecule has 1 aliphatic rings. The molecule has 0 aromatic carbocycles. The van der Waals surface area contributed by atoms with Crippen molar-refractivity contribution in [2.24, 2.45) is 11.7 Å². The molecule has 0 amide bonds. The summed E-state index contributed by atoms with van der Waals surface area (Å²) in [5.41, 5.74) is 8.19. The zero-order valence-electron chi connectivity index (χ0n) is 11.5. The van der Waals surface area contributed by atoms with Gasteiger partial charge in [-0.3, -0.25) is 9.88 Å². The second-order valence-corrected chi connectivity index (χ2v) is 5.39. The van der Waals surface area contributed by atoms with Gasteiger partial charge in [0.15, 0.2) is 0 Å². The van der Waals surface area contributed by atoms with Crippen LogP contribution in [0.15, 0.2) is 18.5 Å². The Bertz CT molecular complexity index is 370. The van der Waals surface area contributed by atoms with Gasteiger partial charge < -0.3 is 10.6 Å². The van der Waals surface area contributed by atoms with Gasteiger partial charge in [-0.25, -0.2) is 0 Å². The molecule has 4 heteroatoms. The lowest BCUT2D eigenvalue weighted by molar-refractivity contribution is 0.231. The van der Waals surface area contributed by atoms with Crippen molar-refractivity contribution in [1.29, 1.82) is 0 Å². The molecule has 0 atom stereocenters. The minimum absolute atomic E-state index is 0.587. The fraction of sp³-hybridized carbons (Fsp3) is 0.643. The van der Waals surface area contributed by atoms with Gasteiger partial charge in [-0.05, 0) is 17.5 Å². The van der Waals surface area contributed by atoms with E-state index in [1.165, 1.54) is 17.8 Å². The Kier molecular flexibility index (Phi) is 4.55. The molecule has 0 unspecified atom stereocenters. The van der Waals surface area contributed by atoms with Crippen LogP contribution in [0.3, 0.4) is 0 Å². The number of aromatic nitrogens is 1. The number of hydrogen-bond donors (Lipinski definition) is 1. The number of hydrogen-bond acceptors (Lipinski definition) is 4. The molecule has 1 fully saturated rings. The summed E-state index contributed by atoms with van der Waals surface area (Å²) in [6.07, 6.45) is 3.76. The molecule has 100 valence electrons. The van der Waals surface area contributed by atoms with Crippen LogP contribution in [0.5, 0.6) is 0 Å². The Morgan fingerprint density at radius 3 is 2.61 bits per heavy atom. The summed E-state index contributed by atoms with van der Waals surface area (Å²) < 4.78 is 0. The number of pyridine rings is 1. The average Bonchev–Trinajstić information content (AvgIpc) is 2.39. The fourth-order valence-electron chi connectivity index (χ4n) is 2.56. The molecule has 2 N–H and O–H groups in total. The summed E-state index contributed by atoms with van der Waals surface area (Å²) in [4.78, 5) is 9.18. The van der Waals surface area contributed by atoms with Crippen molar-refractivity contribution < 1.29 is 0 Å². The highest BCUT2D eigenvalue weighted by atomic mass is 15.3. The van der Waals surface area contributed by atoms with Gasteiger partial charge in [0.1, 0.15) is 0 Å². The first-order valence-electron chi connectivity index (χ1n) is 6.81. The standard InChI is InChI=1S/C14H24N4/c1-12(2)11-17-5-7-18(8-6-17)14-10-16-4-3-13(14)9-15/h3-4,10,12H,5-9,11,15H2,1-2H3. The van der Waals surface area contributed by atoms with Crippen LogP contribution in [0.2, 0.25) is 0 Å². The van der Waals surface area contributed by atoms with Gasteiger partial charge in [-0.2, -0.15) is 0 Å². The summed E-state index contributed by atoms with van der Waals surface area (Å²) in [6, 6.07) is 2.02. The van der Waals surface area contributed by atoms with Crippen LogP contribution in [0.1, 0.15) is 19.4 Å². The average molecular weight is 248 g/mol. The van der Waals surface area contributed by atoms with E-state index in [-0.39, 0.29) is 0 Å². The quantitative estimate of drug-likeness (QED) is 0.873. The van der Waals surface area contributed by atoms with Crippen molar-refractivity contribution >= 4 is 5.69 Å². The molecule has 0 saturated carbocycles. The third-order valence-corrected chi connectivity index (χ3v) is 3.44. The zero-order chi connectivity index (χ0) is 13.0. The molecule has 1 aromatic heterocycles. The molecule has 1 saturated heterocycles. The molecular weight excluding hydrogens is 224 g/mol. The number of rotatable bonds is 4. The number of anilines is 1. The molecule has 2 heterocycles. The summed E-state index contributed by atoms with van der Waals surface area (Å²) in [5, 5.41) is 0. The van der Waals surface area contributed by atoms with E-state index in [2.05, 4.69) is 28.6 Å². The zero-order valence-corrected chi connectivity index (χ0v) is 11.5. The molecular formula is C14H24N4.